The van der Waals surface area contributed by atoms with Gasteiger partial charge in [-0.2, -0.15) is 0 Å². The molecule has 0 unspecified atom stereocenters. The maximum atomic E-state index is 11.5. The van der Waals surface area contributed by atoms with E-state index in [1.165, 1.54) is 25.7 Å². The maximum absolute atomic E-state index is 11.5. The molecule has 0 radical (unpaired) electrons. The molecule has 1 aliphatic carbocycles. The number of ether oxygens (including phenoxy) is 2. The quantitative estimate of drug-likeness (QED) is 0.581. The molecule has 1 rings (SSSR count). The van der Waals surface area contributed by atoms with Gasteiger partial charge in [0.25, 0.3) is 0 Å². The summed E-state index contributed by atoms with van der Waals surface area (Å²) in [6.07, 6.45) is 6.45. The van der Waals surface area contributed by atoms with Crippen LogP contribution in [0.4, 0.5) is 0 Å². The van der Waals surface area contributed by atoms with Gasteiger partial charge in [-0.1, -0.05) is 25.7 Å². The van der Waals surface area contributed by atoms with Crippen LogP contribution in [0.3, 0.4) is 0 Å². The third kappa shape index (κ3) is 5.90. The monoisotopic (exact) mass is 214 g/mol. The molecule has 3 heteroatoms. The third-order valence-electron chi connectivity index (χ3n) is 2.95. The van der Waals surface area contributed by atoms with Crippen molar-refractivity contribution < 1.29 is 14.3 Å². The van der Waals surface area contributed by atoms with Crippen LogP contribution in [0.2, 0.25) is 0 Å². The molecule has 0 saturated heterocycles. The van der Waals surface area contributed by atoms with Crippen molar-refractivity contribution in [3.05, 3.63) is 0 Å². The van der Waals surface area contributed by atoms with E-state index in [0.717, 1.165) is 6.42 Å². The fourth-order valence-corrected chi connectivity index (χ4v) is 2.07. The van der Waals surface area contributed by atoms with Crippen LogP contribution in [-0.4, -0.2) is 32.7 Å². The number of Topliss-reactive ketones (excluding diaryl/α,β-unsaturated/α-hetero) is 1. The van der Waals surface area contributed by atoms with Crippen molar-refractivity contribution in [2.45, 2.75) is 38.5 Å². The van der Waals surface area contributed by atoms with Gasteiger partial charge >= 0.3 is 0 Å². The van der Waals surface area contributed by atoms with Crippen LogP contribution in [0.5, 0.6) is 0 Å². The largest absolute Gasteiger partial charge is 0.382 e. The van der Waals surface area contributed by atoms with Gasteiger partial charge in [-0.05, 0) is 5.92 Å². The summed E-state index contributed by atoms with van der Waals surface area (Å²) in [6, 6.07) is 0. The fourth-order valence-electron chi connectivity index (χ4n) is 2.07. The summed E-state index contributed by atoms with van der Waals surface area (Å²) in [6.45, 7) is 1.75. The second-order valence-corrected chi connectivity index (χ2v) is 4.25. The molecule has 0 aromatic heterocycles. The van der Waals surface area contributed by atoms with Crippen LogP contribution in [0.25, 0.3) is 0 Å². The van der Waals surface area contributed by atoms with E-state index in [-0.39, 0.29) is 0 Å². The summed E-state index contributed by atoms with van der Waals surface area (Å²) >= 11 is 0. The molecule has 1 aliphatic rings. The van der Waals surface area contributed by atoms with Crippen LogP contribution in [0, 0.1) is 5.92 Å². The molecule has 1 fully saturated rings. The lowest BCUT2D eigenvalue weighted by atomic mass is 10.00. The summed E-state index contributed by atoms with van der Waals surface area (Å²) in [7, 11) is 1.65. The summed E-state index contributed by atoms with van der Waals surface area (Å²) in [5.74, 6) is 1.02. The molecule has 0 N–H and O–H groups in total. The van der Waals surface area contributed by atoms with Crippen LogP contribution in [0.1, 0.15) is 38.5 Å². The second-order valence-electron chi connectivity index (χ2n) is 4.25. The van der Waals surface area contributed by atoms with Crippen LogP contribution < -0.4 is 0 Å². The smallest absolute Gasteiger partial charge is 0.135 e. The number of carbonyl (C=O) groups is 1. The highest BCUT2D eigenvalue weighted by Crippen LogP contribution is 2.27. The Morgan fingerprint density at radius 1 is 1.20 bits per heavy atom. The molecule has 1 saturated carbocycles. The number of rotatable bonds is 8. The third-order valence-corrected chi connectivity index (χ3v) is 2.95. The number of ketones is 1. The van der Waals surface area contributed by atoms with E-state index in [1.54, 1.807) is 7.11 Å². The fraction of sp³-hybridized carbons (Fsp3) is 0.917. The Morgan fingerprint density at radius 2 is 1.93 bits per heavy atom. The predicted molar refractivity (Wildman–Crippen MR) is 58.9 cm³/mol. The highest BCUT2D eigenvalue weighted by Gasteiger charge is 2.17. The first kappa shape index (κ1) is 12.7. The highest BCUT2D eigenvalue weighted by molar-refractivity contribution is 5.78. The predicted octanol–water partition coefficient (Wildman–Crippen LogP) is 2.19. The molecule has 88 valence electrons. The van der Waals surface area contributed by atoms with Crippen molar-refractivity contribution >= 4 is 5.78 Å². The maximum Gasteiger partial charge on any atom is 0.135 e. The average molecular weight is 214 g/mol. The van der Waals surface area contributed by atoms with Crippen molar-refractivity contribution in [3.8, 4) is 0 Å². The molecule has 0 amide bonds. The Bertz CT molecular complexity index is 174. The first-order valence-electron chi connectivity index (χ1n) is 5.91. The van der Waals surface area contributed by atoms with E-state index < -0.39 is 0 Å². The van der Waals surface area contributed by atoms with Crippen molar-refractivity contribution in [2.24, 2.45) is 5.92 Å². The number of hydrogen-bond acceptors (Lipinski definition) is 3. The van der Waals surface area contributed by atoms with Gasteiger partial charge in [-0.3, -0.25) is 4.79 Å². The standard InChI is InChI=1S/C12H22O3/c1-14-8-9-15-7-6-12(13)10-11-4-2-3-5-11/h11H,2-10H2,1H3. The van der Waals surface area contributed by atoms with Gasteiger partial charge in [-0.15, -0.1) is 0 Å². The van der Waals surface area contributed by atoms with Crippen molar-refractivity contribution in [1.29, 1.82) is 0 Å². The van der Waals surface area contributed by atoms with Gasteiger partial charge in [0, 0.05) is 20.0 Å². The number of methoxy groups -OCH3 is 1. The summed E-state index contributed by atoms with van der Waals surface area (Å²) in [4.78, 5) is 11.5. The van der Waals surface area contributed by atoms with Crippen LogP contribution in [0.15, 0.2) is 0 Å². The van der Waals surface area contributed by atoms with Crippen molar-refractivity contribution in [3.63, 3.8) is 0 Å². The molecule has 3 nitrogen and oxygen atoms in total. The molecule has 0 aromatic carbocycles. The van der Waals surface area contributed by atoms with E-state index in [2.05, 4.69) is 0 Å². The van der Waals surface area contributed by atoms with Gasteiger partial charge in [0.1, 0.15) is 5.78 Å². The first-order chi connectivity index (χ1) is 7.33. The van der Waals surface area contributed by atoms with Crippen molar-refractivity contribution in [1.82, 2.24) is 0 Å². The second kappa shape index (κ2) is 7.83. The normalized spacial score (nSPS) is 17.1. The van der Waals surface area contributed by atoms with Gasteiger partial charge in [0.05, 0.1) is 19.8 Å². The summed E-state index contributed by atoms with van der Waals surface area (Å²) in [5.41, 5.74) is 0. The van der Waals surface area contributed by atoms with E-state index in [4.69, 9.17) is 9.47 Å². The Hall–Kier alpha value is -0.410. The molecular weight excluding hydrogens is 192 g/mol. The minimum absolute atomic E-state index is 0.360. The van der Waals surface area contributed by atoms with Gasteiger partial charge < -0.3 is 9.47 Å². The summed E-state index contributed by atoms with van der Waals surface area (Å²) < 4.78 is 10.1. The molecule has 0 spiro atoms. The zero-order chi connectivity index (χ0) is 10.9. The Balaban J connectivity index is 1.93. The minimum atomic E-state index is 0.360. The Morgan fingerprint density at radius 3 is 2.60 bits per heavy atom. The number of hydrogen-bond donors (Lipinski definition) is 0. The van der Waals surface area contributed by atoms with Gasteiger partial charge in [-0.25, -0.2) is 0 Å². The van der Waals surface area contributed by atoms with E-state index in [0.29, 0.717) is 37.9 Å². The minimum Gasteiger partial charge on any atom is -0.382 e. The Kier molecular flexibility index (Phi) is 6.60. The molecule has 15 heavy (non-hydrogen) atoms. The molecule has 0 atom stereocenters. The molecular formula is C12H22O3. The Labute approximate surface area is 92.1 Å². The van der Waals surface area contributed by atoms with Crippen LogP contribution in [-0.2, 0) is 14.3 Å². The first-order valence-corrected chi connectivity index (χ1v) is 5.91. The highest BCUT2D eigenvalue weighted by atomic mass is 16.5. The summed E-state index contributed by atoms with van der Waals surface area (Å²) in [5, 5.41) is 0. The van der Waals surface area contributed by atoms with E-state index >= 15 is 0 Å². The molecule has 0 heterocycles. The zero-order valence-corrected chi connectivity index (χ0v) is 9.67. The molecule has 0 bridgehead atoms. The van der Waals surface area contributed by atoms with E-state index in [1.807, 2.05) is 0 Å². The van der Waals surface area contributed by atoms with Crippen molar-refractivity contribution in [2.75, 3.05) is 26.9 Å². The lowest BCUT2D eigenvalue weighted by molar-refractivity contribution is -0.121. The lowest BCUT2D eigenvalue weighted by Gasteiger charge is -2.07. The average Bonchev–Trinajstić information content (AvgIpc) is 2.70. The van der Waals surface area contributed by atoms with E-state index in [9.17, 15) is 4.79 Å². The van der Waals surface area contributed by atoms with Crippen LogP contribution >= 0.6 is 0 Å². The number of carbonyl (C=O) groups excluding carboxylic acids is 1. The topological polar surface area (TPSA) is 35.5 Å². The van der Waals surface area contributed by atoms with Gasteiger partial charge in [0.2, 0.25) is 0 Å². The SMILES string of the molecule is COCCOCCC(=O)CC1CCCC1. The molecule has 0 aliphatic heterocycles. The zero-order valence-electron chi connectivity index (χ0n) is 9.67. The molecule has 0 aromatic rings. The van der Waals surface area contributed by atoms with Gasteiger partial charge in [0.15, 0.2) is 0 Å². The lowest BCUT2D eigenvalue weighted by Crippen LogP contribution is -2.10.